The Balaban J connectivity index is 1.20. The van der Waals surface area contributed by atoms with E-state index in [1.54, 1.807) is 0 Å². The summed E-state index contributed by atoms with van der Waals surface area (Å²) in [7, 11) is 0. The van der Waals surface area contributed by atoms with Crippen molar-refractivity contribution in [1.82, 2.24) is 10.6 Å². The minimum Gasteiger partial charge on any atom is -0.368 e. The van der Waals surface area contributed by atoms with Gasteiger partial charge in [-0.25, -0.2) is 0 Å². The zero-order chi connectivity index (χ0) is 23.9. The summed E-state index contributed by atoms with van der Waals surface area (Å²) in [5.41, 5.74) is 4.29. The number of piperazine rings is 1. The molecule has 8 rings (SSSR count). The maximum atomic E-state index is 13.5. The van der Waals surface area contributed by atoms with Crippen LogP contribution >= 0.6 is 0 Å². The molecule has 0 spiro atoms. The van der Waals surface area contributed by atoms with Crippen molar-refractivity contribution in [3.05, 3.63) is 71.3 Å². The zero-order valence-corrected chi connectivity index (χ0v) is 20.2. The van der Waals surface area contributed by atoms with E-state index in [2.05, 4.69) is 39.8 Å². The van der Waals surface area contributed by atoms with Crippen LogP contribution in [-0.4, -0.2) is 43.0 Å². The third-order valence-corrected chi connectivity index (χ3v) is 8.26. The van der Waals surface area contributed by atoms with E-state index < -0.39 is 0 Å². The molecule has 4 fully saturated rings. The average Bonchev–Trinajstić information content (AvgIpc) is 3.56. The zero-order valence-electron chi connectivity index (χ0n) is 20.2. The molecule has 0 aromatic heterocycles. The number of carbonyl (C=O) groups excluding carboxylic acids is 2. The van der Waals surface area contributed by atoms with E-state index in [0.717, 1.165) is 59.2 Å². The van der Waals surface area contributed by atoms with E-state index in [0.29, 0.717) is 17.6 Å². The molecule has 3 aromatic carbocycles. The Morgan fingerprint density at radius 2 is 1.80 bits per heavy atom. The van der Waals surface area contributed by atoms with Gasteiger partial charge in [-0.1, -0.05) is 24.3 Å². The highest BCUT2D eigenvalue weighted by Crippen LogP contribution is 2.51. The molecule has 6 nitrogen and oxygen atoms in total. The van der Waals surface area contributed by atoms with Gasteiger partial charge in [0, 0.05) is 53.4 Å². The molecule has 3 saturated heterocycles. The Kier molecular flexibility index (Phi) is 4.38. The molecule has 0 radical (unpaired) electrons. The topological polar surface area (TPSA) is 64.7 Å². The van der Waals surface area contributed by atoms with E-state index in [1.165, 1.54) is 6.42 Å². The molecule has 6 heteroatoms. The van der Waals surface area contributed by atoms with Crippen LogP contribution in [0.4, 0.5) is 11.4 Å². The molecule has 2 unspecified atom stereocenters. The fraction of sp³-hybridized carbons (Fsp3) is 0.379. The van der Waals surface area contributed by atoms with Gasteiger partial charge in [-0.3, -0.25) is 9.59 Å². The van der Waals surface area contributed by atoms with Gasteiger partial charge < -0.3 is 20.4 Å². The Morgan fingerprint density at radius 1 is 1.06 bits per heavy atom. The van der Waals surface area contributed by atoms with Crippen molar-refractivity contribution in [1.29, 1.82) is 0 Å². The van der Waals surface area contributed by atoms with Crippen LogP contribution in [0.25, 0.3) is 10.8 Å². The fourth-order valence-electron chi connectivity index (χ4n) is 6.38. The summed E-state index contributed by atoms with van der Waals surface area (Å²) in [6.07, 6.45) is 3.06. The number of amides is 2. The highest BCUT2D eigenvalue weighted by molar-refractivity contribution is 6.25. The molecule has 1 saturated carbocycles. The molecular formula is C29H30N4O2. The predicted molar refractivity (Wildman–Crippen MR) is 138 cm³/mol. The standard InChI is InChI=1S/C29H30N4O2/c1-17(2)33-25-10-9-24(22-7-4-8-23(26(22)25)28(33)35)29(11-12-29)31-27(34)18-5-3-6-21(13-18)32-15-19-14-20(16-32)30-19/h3-10,13,17,19-20,30H,11-12,14-16H2,1-2H3,(H,31,34). The van der Waals surface area contributed by atoms with E-state index >= 15 is 0 Å². The molecule has 178 valence electrons. The normalized spacial score (nSPS) is 23.6. The molecular weight excluding hydrogens is 436 g/mol. The molecule has 4 aliphatic heterocycles. The highest BCUT2D eigenvalue weighted by atomic mass is 16.2. The number of piperidine rings is 1. The molecule has 2 atom stereocenters. The van der Waals surface area contributed by atoms with Crippen LogP contribution in [0.5, 0.6) is 0 Å². The summed E-state index contributed by atoms with van der Waals surface area (Å²) in [6.45, 7) is 6.09. The summed E-state index contributed by atoms with van der Waals surface area (Å²) in [5, 5.41) is 9.03. The molecule has 4 heterocycles. The summed E-state index contributed by atoms with van der Waals surface area (Å²) in [5.74, 6) is 0.0294. The van der Waals surface area contributed by atoms with Gasteiger partial charge in [0.25, 0.3) is 11.8 Å². The minimum absolute atomic E-state index is 0.0345. The van der Waals surface area contributed by atoms with Crippen molar-refractivity contribution in [3.8, 4) is 0 Å². The van der Waals surface area contributed by atoms with Crippen molar-refractivity contribution in [3.63, 3.8) is 0 Å². The van der Waals surface area contributed by atoms with Gasteiger partial charge >= 0.3 is 0 Å². The lowest BCUT2D eigenvalue weighted by Gasteiger charge is -2.49. The van der Waals surface area contributed by atoms with Gasteiger partial charge in [-0.05, 0) is 74.4 Å². The number of benzene rings is 3. The second-order valence-electron chi connectivity index (χ2n) is 10.9. The SMILES string of the molecule is CC(C)N1C(=O)c2cccc3c(C4(NC(=O)c5cccc(N6CC7CC(C6)N7)c5)CC4)ccc1c23. The second-order valence-corrected chi connectivity index (χ2v) is 10.9. The van der Waals surface area contributed by atoms with Gasteiger partial charge in [-0.15, -0.1) is 0 Å². The number of nitrogens with zero attached hydrogens (tertiary/aromatic N) is 2. The predicted octanol–water partition coefficient (Wildman–Crippen LogP) is 4.18. The van der Waals surface area contributed by atoms with Crippen molar-refractivity contribution < 1.29 is 9.59 Å². The van der Waals surface area contributed by atoms with Crippen molar-refractivity contribution in [2.45, 2.75) is 56.8 Å². The van der Waals surface area contributed by atoms with Crippen LogP contribution in [0.1, 0.15) is 59.4 Å². The van der Waals surface area contributed by atoms with Crippen LogP contribution < -0.4 is 20.4 Å². The third-order valence-electron chi connectivity index (χ3n) is 8.26. The lowest BCUT2D eigenvalue weighted by molar-refractivity contribution is 0.0930. The van der Waals surface area contributed by atoms with Gasteiger partial charge in [0.1, 0.15) is 0 Å². The number of nitrogens with one attached hydrogen (secondary N) is 2. The molecule has 2 bridgehead atoms. The lowest BCUT2D eigenvalue weighted by Crippen LogP contribution is -2.67. The highest BCUT2D eigenvalue weighted by Gasteiger charge is 2.48. The molecule has 5 aliphatic rings. The van der Waals surface area contributed by atoms with E-state index in [-0.39, 0.29) is 23.4 Å². The van der Waals surface area contributed by atoms with Gasteiger partial charge in [0.2, 0.25) is 0 Å². The maximum absolute atomic E-state index is 13.5. The first-order valence-corrected chi connectivity index (χ1v) is 12.8. The molecule has 3 aromatic rings. The van der Waals surface area contributed by atoms with E-state index in [4.69, 9.17) is 0 Å². The Bertz CT molecular complexity index is 1380. The van der Waals surface area contributed by atoms with Crippen molar-refractivity contribution in [2.75, 3.05) is 22.9 Å². The van der Waals surface area contributed by atoms with Crippen LogP contribution in [-0.2, 0) is 5.54 Å². The number of rotatable bonds is 5. The number of hydrogen-bond donors (Lipinski definition) is 2. The molecule has 1 aliphatic carbocycles. The number of fused-ring (bicyclic) bond motifs is 2. The van der Waals surface area contributed by atoms with Crippen LogP contribution in [0.3, 0.4) is 0 Å². The summed E-state index contributed by atoms with van der Waals surface area (Å²) < 4.78 is 0. The quantitative estimate of drug-likeness (QED) is 0.592. The number of hydrogen-bond acceptors (Lipinski definition) is 4. The van der Waals surface area contributed by atoms with E-state index in [9.17, 15) is 9.59 Å². The summed E-state index contributed by atoms with van der Waals surface area (Å²) >= 11 is 0. The number of anilines is 2. The number of carbonyl (C=O) groups is 2. The van der Waals surface area contributed by atoms with Crippen LogP contribution in [0.15, 0.2) is 54.6 Å². The van der Waals surface area contributed by atoms with Crippen LogP contribution in [0.2, 0.25) is 0 Å². The summed E-state index contributed by atoms with van der Waals surface area (Å²) in [6, 6.07) is 19.4. The smallest absolute Gasteiger partial charge is 0.259 e. The average molecular weight is 467 g/mol. The Labute approximate surface area is 205 Å². The Morgan fingerprint density at radius 3 is 2.51 bits per heavy atom. The second kappa shape index (κ2) is 7.31. The Hall–Kier alpha value is -3.38. The molecule has 2 amide bonds. The van der Waals surface area contributed by atoms with Gasteiger partial charge in [-0.2, -0.15) is 0 Å². The fourth-order valence-corrected chi connectivity index (χ4v) is 6.38. The maximum Gasteiger partial charge on any atom is 0.259 e. The molecule has 2 N–H and O–H groups in total. The van der Waals surface area contributed by atoms with Crippen molar-refractivity contribution >= 4 is 34.0 Å². The first-order chi connectivity index (χ1) is 16.9. The van der Waals surface area contributed by atoms with E-state index in [1.807, 2.05) is 49.1 Å². The monoisotopic (exact) mass is 466 g/mol. The third kappa shape index (κ3) is 3.12. The molecule has 35 heavy (non-hydrogen) atoms. The minimum atomic E-state index is -0.380. The summed E-state index contributed by atoms with van der Waals surface area (Å²) in [4.78, 5) is 30.8. The first kappa shape index (κ1) is 20.9. The van der Waals surface area contributed by atoms with Crippen molar-refractivity contribution in [2.24, 2.45) is 0 Å². The largest absolute Gasteiger partial charge is 0.368 e. The van der Waals surface area contributed by atoms with Gasteiger partial charge in [0.05, 0.1) is 11.2 Å². The van der Waals surface area contributed by atoms with Gasteiger partial charge in [0.15, 0.2) is 0 Å². The lowest BCUT2D eigenvalue weighted by atomic mass is 9.91. The van der Waals surface area contributed by atoms with Crippen LogP contribution in [0, 0.1) is 0 Å². The first-order valence-electron chi connectivity index (χ1n) is 12.8.